The maximum atomic E-state index is 12.3. The molecule has 0 bridgehead atoms. The van der Waals surface area contributed by atoms with Crippen LogP contribution in [-0.4, -0.2) is 35.5 Å². The van der Waals surface area contributed by atoms with Crippen LogP contribution in [0.25, 0.3) is 0 Å². The van der Waals surface area contributed by atoms with E-state index in [1.54, 1.807) is 25.1 Å². The molecule has 0 atom stereocenters. The Morgan fingerprint density at radius 3 is 2.61 bits per heavy atom. The van der Waals surface area contributed by atoms with Crippen molar-refractivity contribution in [2.24, 2.45) is 0 Å². The fraction of sp³-hybridized carbons (Fsp3) is 0.438. The fourth-order valence-electron chi connectivity index (χ4n) is 2.46. The van der Waals surface area contributed by atoms with E-state index >= 15 is 0 Å². The summed E-state index contributed by atoms with van der Waals surface area (Å²) >= 11 is 1.11. The number of likely N-dealkylation sites (tertiary alicyclic amines) is 1. The Morgan fingerprint density at radius 1 is 1.35 bits per heavy atom. The number of carbonyl (C=O) groups is 1. The molecule has 1 saturated heterocycles. The van der Waals surface area contributed by atoms with Crippen molar-refractivity contribution in [3.63, 3.8) is 0 Å². The zero-order chi connectivity index (χ0) is 16.8. The van der Waals surface area contributed by atoms with Crippen LogP contribution in [0.5, 0.6) is 0 Å². The number of carbonyl (C=O) groups excluding carboxylic acids is 1. The van der Waals surface area contributed by atoms with E-state index in [1.807, 2.05) is 6.92 Å². The molecule has 0 spiro atoms. The van der Waals surface area contributed by atoms with E-state index in [1.165, 1.54) is 6.07 Å². The molecule has 0 unspecified atom stereocenters. The van der Waals surface area contributed by atoms with E-state index < -0.39 is 10.9 Å². The van der Waals surface area contributed by atoms with Crippen LogP contribution >= 0.6 is 11.8 Å². The molecule has 1 aromatic carbocycles. The van der Waals surface area contributed by atoms with Gasteiger partial charge in [-0.2, -0.15) is 0 Å². The lowest BCUT2D eigenvalue weighted by atomic mass is 10.3. The van der Waals surface area contributed by atoms with E-state index in [0.29, 0.717) is 9.80 Å². The molecule has 7 heteroatoms. The number of esters is 1. The van der Waals surface area contributed by atoms with Gasteiger partial charge in [0.25, 0.3) is 5.69 Å². The summed E-state index contributed by atoms with van der Waals surface area (Å²) in [6.07, 6.45) is 2.17. The summed E-state index contributed by atoms with van der Waals surface area (Å²) in [5, 5.41) is 11.2. The third kappa shape index (κ3) is 4.25. The number of allylic oxidation sites excluding steroid dienone is 1. The summed E-state index contributed by atoms with van der Waals surface area (Å²) in [5.41, 5.74) is 0.817. The highest BCUT2D eigenvalue weighted by atomic mass is 32.2. The Morgan fingerprint density at radius 2 is 2.00 bits per heavy atom. The van der Waals surface area contributed by atoms with E-state index in [0.717, 1.165) is 43.4 Å². The van der Waals surface area contributed by atoms with Crippen LogP contribution < -0.4 is 0 Å². The van der Waals surface area contributed by atoms with Crippen LogP contribution in [0.1, 0.15) is 26.7 Å². The topological polar surface area (TPSA) is 72.7 Å². The van der Waals surface area contributed by atoms with Crippen LogP contribution in [0.3, 0.4) is 0 Å². The maximum Gasteiger partial charge on any atom is 0.346 e. The number of thioether (sulfide) groups is 1. The lowest BCUT2D eigenvalue weighted by Crippen LogP contribution is -2.21. The number of hydrogen-bond donors (Lipinski definition) is 0. The van der Waals surface area contributed by atoms with Gasteiger partial charge in [0.05, 0.1) is 16.4 Å². The number of nitro benzene ring substituents is 1. The van der Waals surface area contributed by atoms with Crippen molar-refractivity contribution >= 4 is 23.4 Å². The molecule has 23 heavy (non-hydrogen) atoms. The molecule has 1 aliphatic rings. The van der Waals surface area contributed by atoms with E-state index in [2.05, 4.69) is 4.90 Å². The van der Waals surface area contributed by atoms with Crippen LogP contribution in [0.2, 0.25) is 0 Å². The number of rotatable bonds is 6. The van der Waals surface area contributed by atoms with Gasteiger partial charge in [0.15, 0.2) is 0 Å². The Kier molecular flexibility index (Phi) is 6.04. The van der Waals surface area contributed by atoms with Crippen molar-refractivity contribution < 1.29 is 14.5 Å². The fourth-order valence-corrected chi connectivity index (χ4v) is 3.49. The third-order valence-corrected chi connectivity index (χ3v) is 4.88. The Bertz CT molecular complexity index is 624. The number of hydrogen-bond acceptors (Lipinski definition) is 6. The van der Waals surface area contributed by atoms with Crippen molar-refractivity contribution in [1.82, 2.24) is 4.90 Å². The first-order valence-corrected chi connectivity index (χ1v) is 8.40. The molecule has 6 nitrogen and oxygen atoms in total. The normalized spacial score (nSPS) is 15.3. The lowest BCUT2D eigenvalue weighted by molar-refractivity contribution is -0.387. The predicted molar refractivity (Wildman–Crippen MR) is 89.1 cm³/mol. The quantitative estimate of drug-likeness (QED) is 0.260. The van der Waals surface area contributed by atoms with E-state index in [-0.39, 0.29) is 12.3 Å². The molecule has 1 aliphatic heterocycles. The van der Waals surface area contributed by atoms with Crippen molar-refractivity contribution in [2.45, 2.75) is 31.6 Å². The zero-order valence-electron chi connectivity index (χ0n) is 13.3. The van der Waals surface area contributed by atoms with Gasteiger partial charge in [-0.15, -0.1) is 0 Å². The van der Waals surface area contributed by atoms with Gasteiger partial charge in [-0.05, 0) is 32.8 Å². The van der Waals surface area contributed by atoms with Crippen LogP contribution in [0, 0.1) is 10.1 Å². The number of ether oxygens (including phenoxy) is 1. The van der Waals surface area contributed by atoms with Crippen molar-refractivity contribution in [1.29, 1.82) is 0 Å². The van der Waals surface area contributed by atoms with Gasteiger partial charge in [-0.25, -0.2) is 4.79 Å². The van der Waals surface area contributed by atoms with Crippen molar-refractivity contribution in [3.8, 4) is 0 Å². The molecule has 0 aliphatic carbocycles. The van der Waals surface area contributed by atoms with Gasteiger partial charge in [0.1, 0.15) is 4.91 Å². The Balaban J connectivity index is 2.37. The smallest absolute Gasteiger partial charge is 0.346 e. The van der Waals surface area contributed by atoms with E-state index in [4.69, 9.17) is 4.74 Å². The molecule has 0 amide bonds. The molecule has 0 saturated carbocycles. The average molecular weight is 336 g/mol. The Labute approximate surface area is 139 Å². The molecule has 2 rings (SSSR count). The first-order chi connectivity index (χ1) is 11.0. The summed E-state index contributed by atoms with van der Waals surface area (Å²) < 4.78 is 5.14. The highest BCUT2D eigenvalue weighted by molar-refractivity contribution is 8.04. The number of nitro groups is 1. The Hall–Kier alpha value is -2.02. The second-order valence-corrected chi connectivity index (χ2v) is 6.21. The minimum Gasteiger partial charge on any atom is -0.462 e. The summed E-state index contributed by atoms with van der Waals surface area (Å²) in [6.45, 7) is 5.68. The van der Waals surface area contributed by atoms with Gasteiger partial charge in [-0.3, -0.25) is 10.1 Å². The van der Waals surface area contributed by atoms with Crippen molar-refractivity contribution in [3.05, 3.63) is 45.0 Å². The molecule has 0 N–H and O–H groups in total. The summed E-state index contributed by atoms with van der Waals surface area (Å²) in [4.78, 5) is 26.1. The molecule has 1 heterocycles. The second kappa shape index (κ2) is 8.01. The summed E-state index contributed by atoms with van der Waals surface area (Å²) in [5.74, 6) is -0.431. The molecule has 124 valence electrons. The molecule has 0 radical (unpaired) electrons. The van der Waals surface area contributed by atoms with Gasteiger partial charge in [-0.1, -0.05) is 23.9 Å². The zero-order valence-corrected chi connectivity index (χ0v) is 14.1. The second-order valence-electron chi connectivity index (χ2n) is 5.16. The first-order valence-electron chi connectivity index (χ1n) is 7.58. The van der Waals surface area contributed by atoms with Gasteiger partial charge >= 0.3 is 5.97 Å². The number of para-hydroxylation sites is 1. The van der Waals surface area contributed by atoms with Gasteiger partial charge < -0.3 is 9.64 Å². The van der Waals surface area contributed by atoms with E-state index in [9.17, 15) is 14.9 Å². The molecular weight excluding hydrogens is 316 g/mol. The largest absolute Gasteiger partial charge is 0.462 e. The minimum atomic E-state index is -0.434. The third-order valence-electron chi connectivity index (χ3n) is 3.64. The predicted octanol–water partition coefficient (Wildman–Crippen LogP) is 3.58. The maximum absolute atomic E-state index is 12.3. The average Bonchev–Trinajstić information content (AvgIpc) is 3.06. The highest BCUT2D eigenvalue weighted by Gasteiger charge is 2.24. The van der Waals surface area contributed by atoms with Gasteiger partial charge in [0.2, 0.25) is 0 Å². The monoisotopic (exact) mass is 336 g/mol. The van der Waals surface area contributed by atoms with Crippen LogP contribution in [0.4, 0.5) is 5.69 Å². The highest BCUT2D eigenvalue weighted by Crippen LogP contribution is 2.37. The number of benzene rings is 1. The van der Waals surface area contributed by atoms with Crippen molar-refractivity contribution in [2.75, 3.05) is 19.7 Å². The summed E-state index contributed by atoms with van der Waals surface area (Å²) in [7, 11) is 0. The standard InChI is InChI=1S/C16H20N2O4S/c1-3-22-16(19)15(12(2)17-10-6-7-11-17)23-14-9-5-4-8-13(14)18(20)21/h4-5,8-9H,3,6-7,10-11H2,1-2H3/b15-12+. The first kappa shape index (κ1) is 17.3. The number of nitrogens with zero attached hydrogens (tertiary/aromatic N) is 2. The minimum absolute atomic E-state index is 0.00600. The molecular formula is C16H20N2O4S. The molecule has 1 aromatic rings. The van der Waals surface area contributed by atoms with Crippen LogP contribution in [0.15, 0.2) is 39.8 Å². The lowest BCUT2D eigenvalue weighted by Gasteiger charge is -2.21. The summed E-state index contributed by atoms with van der Waals surface area (Å²) in [6, 6.07) is 6.43. The SMILES string of the molecule is CCOC(=O)/C(Sc1ccccc1[N+](=O)[O-])=C(/C)N1CCCC1. The molecule has 0 aromatic heterocycles. The molecule has 1 fully saturated rings. The van der Waals surface area contributed by atoms with Crippen LogP contribution in [-0.2, 0) is 9.53 Å². The van der Waals surface area contributed by atoms with Gasteiger partial charge in [0, 0.05) is 24.9 Å².